The Morgan fingerprint density at radius 3 is 3.06 bits per heavy atom. The number of hydrogen-bond acceptors (Lipinski definition) is 3. The molecular weight excluding hydrogens is 296 g/mol. The molecule has 1 aliphatic heterocycles. The molecular formula is C13H13BrN2O2. The fraction of sp³-hybridized carbons (Fsp3) is 0.385. The lowest BCUT2D eigenvalue weighted by Gasteiger charge is -2.23. The number of aldehydes is 1. The topological polar surface area (TPSA) is 44.1 Å². The molecule has 5 heteroatoms. The van der Waals surface area contributed by atoms with Crippen molar-refractivity contribution in [1.82, 2.24) is 9.78 Å². The first-order valence-electron chi connectivity index (χ1n) is 6.04. The summed E-state index contributed by atoms with van der Waals surface area (Å²) >= 11 is 3.42. The number of hydrogen-bond donors (Lipinski definition) is 0. The molecule has 1 aromatic heterocycles. The molecule has 0 unspecified atom stereocenters. The van der Waals surface area contributed by atoms with E-state index in [0.717, 1.165) is 47.5 Å². The molecule has 0 spiro atoms. The number of fused-ring (bicyclic) bond motifs is 1. The van der Waals surface area contributed by atoms with Crippen LogP contribution < -0.4 is 0 Å². The molecule has 0 saturated carbocycles. The predicted octanol–water partition coefficient (Wildman–Crippen LogP) is 3.31. The second kappa shape index (κ2) is 4.82. The van der Waals surface area contributed by atoms with Crippen molar-refractivity contribution in [1.29, 1.82) is 0 Å². The maximum atomic E-state index is 11.1. The Morgan fingerprint density at radius 2 is 2.33 bits per heavy atom. The zero-order chi connectivity index (χ0) is 12.5. The van der Waals surface area contributed by atoms with Crippen LogP contribution in [0.1, 0.15) is 36.0 Å². The molecule has 1 saturated heterocycles. The van der Waals surface area contributed by atoms with Crippen LogP contribution in [0.25, 0.3) is 10.9 Å². The van der Waals surface area contributed by atoms with Crippen molar-refractivity contribution in [3.8, 4) is 0 Å². The summed E-state index contributed by atoms with van der Waals surface area (Å²) in [6.07, 6.45) is 3.94. The van der Waals surface area contributed by atoms with Crippen LogP contribution >= 0.6 is 15.9 Å². The molecule has 3 rings (SSSR count). The lowest BCUT2D eigenvalue weighted by atomic mass is 10.2. The first-order valence-corrected chi connectivity index (χ1v) is 6.83. The van der Waals surface area contributed by atoms with E-state index < -0.39 is 0 Å². The lowest BCUT2D eigenvalue weighted by Crippen LogP contribution is -2.19. The van der Waals surface area contributed by atoms with Crippen LogP contribution in [0, 0.1) is 0 Å². The highest BCUT2D eigenvalue weighted by molar-refractivity contribution is 9.10. The molecule has 0 N–H and O–H groups in total. The van der Waals surface area contributed by atoms with Crippen LogP contribution in [0.15, 0.2) is 22.7 Å². The van der Waals surface area contributed by atoms with Crippen molar-refractivity contribution in [3.05, 3.63) is 28.4 Å². The average Bonchev–Trinajstić information content (AvgIpc) is 2.77. The van der Waals surface area contributed by atoms with Crippen LogP contribution in [0.3, 0.4) is 0 Å². The number of carbonyl (C=O) groups excluding carboxylic acids is 1. The molecule has 0 bridgehead atoms. The number of aromatic nitrogens is 2. The van der Waals surface area contributed by atoms with Crippen molar-refractivity contribution in [2.75, 3.05) is 6.61 Å². The summed E-state index contributed by atoms with van der Waals surface area (Å²) in [7, 11) is 0. The van der Waals surface area contributed by atoms with E-state index in [1.165, 1.54) is 0 Å². The van der Waals surface area contributed by atoms with Gasteiger partial charge < -0.3 is 4.74 Å². The first kappa shape index (κ1) is 11.9. The van der Waals surface area contributed by atoms with E-state index in [9.17, 15) is 4.79 Å². The fourth-order valence-electron chi connectivity index (χ4n) is 2.36. The fourth-order valence-corrected chi connectivity index (χ4v) is 2.72. The molecule has 4 nitrogen and oxygen atoms in total. The Bertz CT molecular complexity index is 588. The monoisotopic (exact) mass is 308 g/mol. The van der Waals surface area contributed by atoms with Gasteiger partial charge in [-0.3, -0.25) is 4.79 Å². The number of benzene rings is 1. The summed E-state index contributed by atoms with van der Waals surface area (Å²) in [6.45, 7) is 0.763. The zero-order valence-corrected chi connectivity index (χ0v) is 11.4. The highest BCUT2D eigenvalue weighted by Gasteiger charge is 2.20. The van der Waals surface area contributed by atoms with Crippen molar-refractivity contribution in [2.45, 2.75) is 25.5 Å². The van der Waals surface area contributed by atoms with Gasteiger partial charge in [0.25, 0.3) is 0 Å². The minimum Gasteiger partial charge on any atom is -0.356 e. The van der Waals surface area contributed by atoms with Gasteiger partial charge in [-0.05, 0) is 37.5 Å². The van der Waals surface area contributed by atoms with Crippen LogP contribution in [-0.4, -0.2) is 22.7 Å². The third kappa shape index (κ3) is 1.97. The second-order valence-corrected chi connectivity index (χ2v) is 5.35. The normalized spacial score (nSPS) is 20.2. The zero-order valence-electron chi connectivity index (χ0n) is 9.80. The van der Waals surface area contributed by atoms with E-state index in [-0.39, 0.29) is 6.23 Å². The quantitative estimate of drug-likeness (QED) is 0.799. The summed E-state index contributed by atoms with van der Waals surface area (Å²) in [4.78, 5) is 11.1. The lowest BCUT2D eigenvalue weighted by molar-refractivity contribution is -0.0367. The van der Waals surface area contributed by atoms with Crippen LogP contribution in [0.5, 0.6) is 0 Å². The molecule has 0 amide bonds. The summed E-state index contributed by atoms with van der Waals surface area (Å²) in [6, 6.07) is 5.85. The van der Waals surface area contributed by atoms with Gasteiger partial charge in [0.1, 0.15) is 5.69 Å². The average molecular weight is 309 g/mol. The molecule has 1 atom stereocenters. The molecule has 2 aromatic rings. The summed E-state index contributed by atoms with van der Waals surface area (Å²) < 4.78 is 8.52. The Labute approximate surface area is 113 Å². The van der Waals surface area contributed by atoms with Crippen LogP contribution in [0.4, 0.5) is 0 Å². The number of rotatable bonds is 2. The summed E-state index contributed by atoms with van der Waals surface area (Å²) in [5.74, 6) is 0. The standard InChI is InChI=1S/C13H13BrN2O2/c14-9-4-5-12-10(7-9)11(8-17)15-16(12)13-3-1-2-6-18-13/h4-5,7-8,13H,1-3,6H2/t13-/m0/s1. The van der Waals surface area contributed by atoms with Gasteiger partial charge in [-0.1, -0.05) is 15.9 Å². The van der Waals surface area contributed by atoms with Crippen molar-refractivity contribution >= 4 is 33.1 Å². The Kier molecular flexibility index (Phi) is 3.18. The van der Waals surface area contributed by atoms with E-state index in [2.05, 4.69) is 21.0 Å². The van der Waals surface area contributed by atoms with E-state index in [4.69, 9.17) is 4.74 Å². The van der Waals surface area contributed by atoms with E-state index in [1.54, 1.807) is 0 Å². The Balaban J connectivity index is 2.13. The largest absolute Gasteiger partial charge is 0.356 e. The third-order valence-corrected chi connectivity index (χ3v) is 3.73. The van der Waals surface area contributed by atoms with E-state index in [1.807, 2.05) is 22.9 Å². The van der Waals surface area contributed by atoms with Gasteiger partial charge in [-0.15, -0.1) is 0 Å². The molecule has 18 heavy (non-hydrogen) atoms. The van der Waals surface area contributed by atoms with Gasteiger partial charge in [-0.2, -0.15) is 5.10 Å². The van der Waals surface area contributed by atoms with Crippen LogP contribution in [-0.2, 0) is 4.74 Å². The number of ether oxygens (including phenoxy) is 1. The molecule has 94 valence electrons. The van der Waals surface area contributed by atoms with E-state index >= 15 is 0 Å². The number of nitrogens with zero attached hydrogens (tertiary/aromatic N) is 2. The second-order valence-electron chi connectivity index (χ2n) is 4.43. The minimum absolute atomic E-state index is 0.0453. The van der Waals surface area contributed by atoms with Gasteiger partial charge in [0, 0.05) is 16.5 Å². The van der Waals surface area contributed by atoms with Crippen molar-refractivity contribution < 1.29 is 9.53 Å². The highest BCUT2D eigenvalue weighted by Crippen LogP contribution is 2.29. The maximum Gasteiger partial charge on any atom is 0.170 e. The highest BCUT2D eigenvalue weighted by atomic mass is 79.9. The van der Waals surface area contributed by atoms with Crippen molar-refractivity contribution in [2.24, 2.45) is 0 Å². The first-order chi connectivity index (χ1) is 8.79. The third-order valence-electron chi connectivity index (χ3n) is 3.24. The molecule has 0 aliphatic carbocycles. The minimum atomic E-state index is -0.0453. The molecule has 1 fully saturated rings. The molecule has 0 radical (unpaired) electrons. The van der Waals surface area contributed by atoms with Gasteiger partial charge in [0.05, 0.1) is 5.52 Å². The Hall–Kier alpha value is -1.20. The van der Waals surface area contributed by atoms with Gasteiger partial charge in [0.2, 0.25) is 0 Å². The smallest absolute Gasteiger partial charge is 0.170 e. The van der Waals surface area contributed by atoms with Crippen LogP contribution in [0.2, 0.25) is 0 Å². The Morgan fingerprint density at radius 1 is 1.44 bits per heavy atom. The summed E-state index contributed by atoms with van der Waals surface area (Å²) in [5.41, 5.74) is 1.42. The number of carbonyl (C=O) groups is 1. The predicted molar refractivity (Wildman–Crippen MR) is 71.7 cm³/mol. The van der Waals surface area contributed by atoms with Gasteiger partial charge in [0.15, 0.2) is 12.5 Å². The number of halogens is 1. The van der Waals surface area contributed by atoms with Gasteiger partial charge >= 0.3 is 0 Å². The molecule has 1 aliphatic rings. The van der Waals surface area contributed by atoms with E-state index in [0.29, 0.717) is 5.69 Å². The SMILES string of the molecule is O=Cc1nn([C@@H]2CCCCO2)c2ccc(Br)cc12. The molecule has 1 aromatic carbocycles. The maximum absolute atomic E-state index is 11.1. The summed E-state index contributed by atoms with van der Waals surface area (Å²) in [5, 5.41) is 5.24. The van der Waals surface area contributed by atoms with Gasteiger partial charge in [-0.25, -0.2) is 4.68 Å². The molecule has 2 heterocycles. The van der Waals surface area contributed by atoms with Crippen molar-refractivity contribution in [3.63, 3.8) is 0 Å².